The van der Waals surface area contributed by atoms with Gasteiger partial charge in [-0.15, -0.1) is 0 Å². The Hall–Kier alpha value is -1.69. The van der Waals surface area contributed by atoms with Crippen molar-refractivity contribution in [3.8, 4) is 0 Å². The van der Waals surface area contributed by atoms with E-state index in [4.69, 9.17) is 4.74 Å². The predicted molar refractivity (Wildman–Crippen MR) is 89.4 cm³/mol. The van der Waals surface area contributed by atoms with E-state index in [9.17, 15) is 9.90 Å². The van der Waals surface area contributed by atoms with Gasteiger partial charge in [-0.1, -0.05) is 18.2 Å². The lowest BCUT2D eigenvalue weighted by atomic mass is 9.76. The first-order valence-corrected chi connectivity index (χ1v) is 7.96. The minimum Gasteiger partial charge on any atom is -0.393 e. The molecule has 3 N–H and O–H groups in total. The molecule has 5 heteroatoms. The second kappa shape index (κ2) is 5.74. The topological polar surface area (TPSA) is 77.7 Å². The summed E-state index contributed by atoms with van der Waals surface area (Å²) < 4.78 is 5.30. The van der Waals surface area contributed by atoms with Crippen LogP contribution >= 0.6 is 0 Å². The second-order valence-electron chi connectivity index (χ2n) is 6.89. The molecule has 0 spiro atoms. The molecule has 0 radical (unpaired) electrons. The van der Waals surface area contributed by atoms with Gasteiger partial charge in [0, 0.05) is 28.6 Å². The van der Waals surface area contributed by atoms with Crippen LogP contribution in [-0.2, 0) is 16.0 Å². The minimum absolute atomic E-state index is 0.0235. The Morgan fingerprint density at radius 3 is 2.78 bits per heavy atom. The van der Waals surface area contributed by atoms with Gasteiger partial charge in [-0.3, -0.25) is 4.79 Å². The van der Waals surface area contributed by atoms with Crippen molar-refractivity contribution in [3.63, 3.8) is 0 Å². The van der Waals surface area contributed by atoms with E-state index < -0.39 is 11.1 Å². The predicted octanol–water partition coefficient (Wildman–Crippen LogP) is 1.65. The number of rotatable bonds is 7. The highest BCUT2D eigenvalue weighted by atomic mass is 16.6. The SMILES string of the molecule is CNC(C)(C)[C@@H](Cc1c[nH]c2ccccc12)C(=O)[C@@]1(CO)CO1. The molecular weight excluding hydrogens is 292 g/mol. The highest BCUT2D eigenvalue weighted by molar-refractivity contribution is 5.94. The third kappa shape index (κ3) is 2.80. The summed E-state index contributed by atoms with van der Waals surface area (Å²) in [6.45, 7) is 4.08. The maximum atomic E-state index is 13.0. The van der Waals surface area contributed by atoms with E-state index in [1.807, 2.05) is 45.3 Å². The zero-order chi connectivity index (χ0) is 16.7. The summed E-state index contributed by atoms with van der Waals surface area (Å²) >= 11 is 0. The molecule has 3 rings (SSSR count). The number of Topliss-reactive ketones (excluding diaryl/α,β-unsaturated/α-hetero) is 1. The van der Waals surface area contributed by atoms with E-state index in [1.165, 1.54) is 0 Å². The molecule has 1 aromatic carbocycles. The third-order valence-corrected chi connectivity index (χ3v) is 5.13. The van der Waals surface area contributed by atoms with Crippen LogP contribution in [0.5, 0.6) is 0 Å². The molecule has 0 aliphatic carbocycles. The molecule has 124 valence electrons. The molecule has 1 aliphatic heterocycles. The number of ether oxygens (including phenoxy) is 1. The fourth-order valence-corrected chi connectivity index (χ4v) is 3.09. The van der Waals surface area contributed by atoms with Gasteiger partial charge in [-0.2, -0.15) is 0 Å². The van der Waals surface area contributed by atoms with Crippen LogP contribution in [0.2, 0.25) is 0 Å². The minimum atomic E-state index is -0.995. The summed E-state index contributed by atoms with van der Waals surface area (Å²) in [6, 6.07) is 8.07. The van der Waals surface area contributed by atoms with Gasteiger partial charge in [0.1, 0.15) is 0 Å². The molecule has 1 fully saturated rings. The number of benzene rings is 1. The van der Waals surface area contributed by atoms with E-state index in [-0.39, 0.29) is 18.3 Å². The van der Waals surface area contributed by atoms with Crippen molar-refractivity contribution in [2.75, 3.05) is 20.3 Å². The number of hydrogen-bond donors (Lipinski definition) is 3. The van der Waals surface area contributed by atoms with Crippen LogP contribution in [0, 0.1) is 5.92 Å². The van der Waals surface area contributed by atoms with E-state index in [1.54, 1.807) is 0 Å². The fraction of sp³-hybridized carbons (Fsp3) is 0.500. The number of carbonyl (C=O) groups is 1. The van der Waals surface area contributed by atoms with Crippen molar-refractivity contribution in [1.82, 2.24) is 10.3 Å². The van der Waals surface area contributed by atoms with Crippen LogP contribution in [0.25, 0.3) is 10.9 Å². The third-order valence-electron chi connectivity index (χ3n) is 5.13. The van der Waals surface area contributed by atoms with Crippen molar-refractivity contribution < 1.29 is 14.6 Å². The lowest BCUT2D eigenvalue weighted by molar-refractivity contribution is -0.131. The Bertz CT molecular complexity index is 716. The lowest BCUT2D eigenvalue weighted by Gasteiger charge is -2.34. The van der Waals surface area contributed by atoms with Crippen LogP contribution in [0.4, 0.5) is 0 Å². The summed E-state index contributed by atoms with van der Waals surface area (Å²) in [7, 11) is 1.86. The molecule has 1 saturated heterocycles. The number of hydrogen-bond acceptors (Lipinski definition) is 4. The smallest absolute Gasteiger partial charge is 0.174 e. The van der Waals surface area contributed by atoms with Crippen molar-refractivity contribution in [2.45, 2.75) is 31.4 Å². The number of aliphatic hydroxyl groups is 1. The molecule has 0 unspecified atom stereocenters. The monoisotopic (exact) mass is 316 g/mol. The number of aromatic nitrogens is 1. The highest BCUT2D eigenvalue weighted by Gasteiger charge is 2.56. The first-order chi connectivity index (χ1) is 10.9. The quantitative estimate of drug-likeness (QED) is 0.679. The van der Waals surface area contributed by atoms with Gasteiger partial charge in [-0.25, -0.2) is 0 Å². The number of aliphatic hydroxyl groups excluding tert-OH is 1. The Morgan fingerprint density at radius 2 is 2.17 bits per heavy atom. The molecule has 2 heterocycles. The fourth-order valence-electron chi connectivity index (χ4n) is 3.09. The molecule has 1 aliphatic rings. The number of ketones is 1. The van der Waals surface area contributed by atoms with Crippen molar-refractivity contribution >= 4 is 16.7 Å². The van der Waals surface area contributed by atoms with Gasteiger partial charge < -0.3 is 20.1 Å². The van der Waals surface area contributed by atoms with E-state index in [0.29, 0.717) is 13.0 Å². The van der Waals surface area contributed by atoms with Gasteiger partial charge >= 0.3 is 0 Å². The number of carbonyl (C=O) groups excluding carboxylic acids is 1. The molecule has 0 saturated carbocycles. The van der Waals surface area contributed by atoms with Crippen LogP contribution in [-0.4, -0.2) is 47.3 Å². The Morgan fingerprint density at radius 1 is 1.48 bits per heavy atom. The molecule has 1 aromatic heterocycles. The van der Waals surface area contributed by atoms with Crippen molar-refractivity contribution in [1.29, 1.82) is 0 Å². The summed E-state index contributed by atoms with van der Waals surface area (Å²) in [5.74, 6) is -0.314. The maximum absolute atomic E-state index is 13.0. The largest absolute Gasteiger partial charge is 0.393 e. The van der Waals surface area contributed by atoms with Gasteiger partial charge in [0.2, 0.25) is 0 Å². The summed E-state index contributed by atoms with van der Waals surface area (Å²) in [4.78, 5) is 16.2. The van der Waals surface area contributed by atoms with Crippen molar-refractivity contribution in [2.24, 2.45) is 5.92 Å². The van der Waals surface area contributed by atoms with Crippen LogP contribution in [0.15, 0.2) is 30.5 Å². The van der Waals surface area contributed by atoms with Gasteiger partial charge in [0.05, 0.1) is 13.2 Å². The molecule has 0 amide bonds. The maximum Gasteiger partial charge on any atom is 0.174 e. The number of epoxide rings is 1. The summed E-state index contributed by atoms with van der Waals surface area (Å²) in [6.07, 6.45) is 2.57. The average molecular weight is 316 g/mol. The normalized spacial score (nSPS) is 22.3. The molecule has 0 bridgehead atoms. The van der Waals surface area contributed by atoms with E-state index >= 15 is 0 Å². The average Bonchev–Trinajstić information content (AvgIpc) is 3.27. The highest BCUT2D eigenvalue weighted by Crippen LogP contribution is 2.36. The molecule has 2 atom stereocenters. The molecule has 2 aromatic rings. The number of fused-ring (bicyclic) bond motifs is 1. The first kappa shape index (κ1) is 16.2. The zero-order valence-electron chi connectivity index (χ0n) is 13.8. The van der Waals surface area contributed by atoms with Crippen molar-refractivity contribution in [3.05, 3.63) is 36.0 Å². The number of nitrogens with one attached hydrogen (secondary N) is 2. The van der Waals surface area contributed by atoms with E-state index in [2.05, 4.69) is 16.4 Å². The first-order valence-electron chi connectivity index (χ1n) is 7.96. The lowest BCUT2D eigenvalue weighted by Crippen LogP contribution is -2.52. The summed E-state index contributed by atoms with van der Waals surface area (Å²) in [5, 5.41) is 13.9. The Balaban J connectivity index is 1.94. The molecule has 5 nitrogen and oxygen atoms in total. The van der Waals surface area contributed by atoms with Gasteiger partial charge in [0.25, 0.3) is 0 Å². The molecule has 23 heavy (non-hydrogen) atoms. The van der Waals surface area contributed by atoms with Gasteiger partial charge in [0.15, 0.2) is 11.4 Å². The van der Waals surface area contributed by atoms with Gasteiger partial charge in [-0.05, 0) is 38.9 Å². The molecular formula is C18H24N2O3. The standard InChI is InChI=1S/C18H24N2O3/c1-17(2,19-3)14(16(22)18(10-21)11-23-18)8-12-9-20-15-7-5-4-6-13(12)15/h4-7,9,14,19-21H,8,10-11H2,1-3H3/t14-,18+/m0/s1. The van der Waals surface area contributed by atoms with Crippen LogP contribution in [0.3, 0.4) is 0 Å². The number of para-hydroxylation sites is 1. The van der Waals surface area contributed by atoms with Crippen LogP contribution < -0.4 is 5.32 Å². The Labute approximate surface area is 136 Å². The van der Waals surface area contributed by atoms with Crippen LogP contribution in [0.1, 0.15) is 19.4 Å². The number of H-pyrrole nitrogens is 1. The summed E-state index contributed by atoms with van der Waals surface area (Å²) in [5.41, 5.74) is 0.778. The second-order valence-corrected chi connectivity index (χ2v) is 6.89. The zero-order valence-corrected chi connectivity index (χ0v) is 13.8. The Kier molecular flexibility index (Phi) is 4.04. The van der Waals surface area contributed by atoms with E-state index in [0.717, 1.165) is 16.5 Å². The number of aromatic amines is 1.